The Hall–Kier alpha value is -1.25. The summed E-state index contributed by atoms with van der Waals surface area (Å²) in [7, 11) is -1.54. The number of rotatable bonds is 10. The van der Waals surface area contributed by atoms with Crippen molar-refractivity contribution in [3.63, 3.8) is 0 Å². The second-order valence-electron chi connectivity index (χ2n) is 6.59. The predicted molar refractivity (Wildman–Crippen MR) is 110 cm³/mol. The summed E-state index contributed by atoms with van der Waals surface area (Å²) < 4.78 is 26.7. The molecule has 1 aromatic carbocycles. The molecule has 2 rings (SSSR count). The molecule has 1 aliphatic carbocycles. The number of benzene rings is 1. The molecule has 1 aromatic rings. The van der Waals surface area contributed by atoms with Crippen molar-refractivity contribution in [2.75, 3.05) is 32.4 Å². The lowest BCUT2D eigenvalue weighted by molar-refractivity contribution is 0.316. The van der Waals surface area contributed by atoms with Crippen molar-refractivity contribution in [1.29, 1.82) is 0 Å². The molecule has 0 saturated heterocycles. The maximum atomic E-state index is 12.0. The van der Waals surface area contributed by atoms with Gasteiger partial charge in [0, 0.05) is 36.8 Å². The Balaban J connectivity index is 1.63. The van der Waals surface area contributed by atoms with E-state index in [1.165, 1.54) is 11.3 Å². The summed E-state index contributed by atoms with van der Waals surface area (Å²) in [6, 6.07) is 10.3. The van der Waals surface area contributed by atoms with Crippen molar-refractivity contribution >= 4 is 27.7 Å². The monoisotopic (exact) mass is 398 g/mol. The Morgan fingerprint density at radius 1 is 1.27 bits per heavy atom. The first-order chi connectivity index (χ1) is 12.5. The van der Waals surface area contributed by atoms with Crippen LogP contribution in [0, 0.1) is 5.92 Å². The Labute approximate surface area is 161 Å². The molecular weight excluding hydrogens is 368 g/mol. The molecule has 0 aliphatic heterocycles. The van der Waals surface area contributed by atoms with Gasteiger partial charge >= 0.3 is 0 Å². The van der Waals surface area contributed by atoms with Gasteiger partial charge in [-0.2, -0.15) is 0 Å². The first-order valence-electron chi connectivity index (χ1n) is 9.12. The second-order valence-corrected chi connectivity index (χ2v) is 10.0. The number of nitrogens with one attached hydrogen (secondary N) is 3. The normalized spacial score (nSPS) is 16.8. The minimum absolute atomic E-state index is 0.0503. The second kappa shape index (κ2) is 10.8. The van der Waals surface area contributed by atoms with Crippen molar-refractivity contribution in [2.45, 2.75) is 36.3 Å². The fourth-order valence-corrected chi connectivity index (χ4v) is 4.50. The maximum absolute atomic E-state index is 12.0. The summed E-state index contributed by atoms with van der Waals surface area (Å²) >= 11 is 1.79. The minimum atomic E-state index is -3.23. The summed E-state index contributed by atoms with van der Waals surface area (Å²) in [6.45, 7) is 3.79. The zero-order valence-corrected chi connectivity index (χ0v) is 17.2. The standard InChI is InChI=1S/C18H30N4O2S2/c1-15(25-17-9-4-3-5-10-17)13-21-18(19-2)20-11-12-26(23,24)22-14-16-7-6-8-16/h3-5,9-10,15-16,22H,6-8,11-14H2,1-2H3,(H2,19,20,21). The first-order valence-corrected chi connectivity index (χ1v) is 11.7. The third-order valence-electron chi connectivity index (χ3n) is 4.34. The Morgan fingerprint density at radius 3 is 2.62 bits per heavy atom. The van der Waals surface area contributed by atoms with E-state index in [0.717, 1.165) is 19.4 Å². The highest BCUT2D eigenvalue weighted by Gasteiger charge is 2.20. The van der Waals surface area contributed by atoms with Gasteiger partial charge in [0.2, 0.25) is 10.0 Å². The molecule has 1 aliphatic rings. The van der Waals surface area contributed by atoms with Crippen molar-refractivity contribution in [1.82, 2.24) is 15.4 Å². The zero-order chi connectivity index (χ0) is 18.8. The highest BCUT2D eigenvalue weighted by molar-refractivity contribution is 8.00. The molecule has 1 saturated carbocycles. The van der Waals surface area contributed by atoms with Crippen LogP contribution in [0.25, 0.3) is 0 Å². The molecule has 0 bridgehead atoms. The van der Waals surface area contributed by atoms with Crippen LogP contribution in [-0.4, -0.2) is 52.1 Å². The van der Waals surface area contributed by atoms with Gasteiger partial charge in [0.05, 0.1) is 5.75 Å². The Bertz CT molecular complexity index is 661. The van der Waals surface area contributed by atoms with Crippen LogP contribution in [0.4, 0.5) is 0 Å². The van der Waals surface area contributed by atoms with E-state index in [0.29, 0.717) is 30.2 Å². The molecule has 1 atom stereocenters. The molecule has 0 amide bonds. The minimum Gasteiger partial charge on any atom is -0.355 e. The van der Waals surface area contributed by atoms with E-state index in [-0.39, 0.29) is 5.75 Å². The van der Waals surface area contributed by atoms with Crippen LogP contribution in [0.5, 0.6) is 0 Å². The van der Waals surface area contributed by atoms with E-state index in [2.05, 4.69) is 39.4 Å². The number of guanidine groups is 1. The van der Waals surface area contributed by atoms with E-state index in [1.54, 1.807) is 18.8 Å². The molecule has 0 radical (unpaired) electrons. The summed E-state index contributed by atoms with van der Waals surface area (Å²) in [5.41, 5.74) is 0. The molecule has 146 valence electrons. The lowest BCUT2D eigenvalue weighted by Gasteiger charge is -2.25. The SMILES string of the molecule is CN=C(NCCS(=O)(=O)NCC1CCC1)NCC(C)Sc1ccccc1. The van der Waals surface area contributed by atoms with E-state index < -0.39 is 10.0 Å². The van der Waals surface area contributed by atoms with Crippen molar-refractivity contribution in [2.24, 2.45) is 10.9 Å². The number of nitrogens with zero attached hydrogens (tertiary/aromatic N) is 1. The molecule has 0 spiro atoms. The summed E-state index contributed by atoms with van der Waals surface area (Å²) in [6.07, 6.45) is 3.49. The highest BCUT2D eigenvalue weighted by atomic mass is 32.2. The van der Waals surface area contributed by atoms with Crippen LogP contribution in [0.3, 0.4) is 0 Å². The largest absolute Gasteiger partial charge is 0.355 e. The average Bonchev–Trinajstić information content (AvgIpc) is 2.57. The summed E-state index contributed by atoms with van der Waals surface area (Å²) in [5, 5.41) is 6.68. The van der Waals surface area contributed by atoms with Gasteiger partial charge in [0.25, 0.3) is 0 Å². The molecule has 6 nitrogen and oxygen atoms in total. The van der Waals surface area contributed by atoms with Crippen LogP contribution >= 0.6 is 11.8 Å². The van der Waals surface area contributed by atoms with Crippen molar-refractivity contribution in [3.05, 3.63) is 30.3 Å². The number of thioether (sulfide) groups is 1. The van der Waals surface area contributed by atoms with Gasteiger partial charge in [-0.1, -0.05) is 31.5 Å². The quantitative estimate of drug-likeness (QED) is 0.319. The lowest BCUT2D eigenvalue weighted by Crippen LogP contribution is -2.43. The van der Waals surface area contributed by atoms with Gasteiger partial charge < -0.3 is 10.6 Å². The topological polar surface area (TPSA) is 82.6 Å². The zero-order valence-electron chi connectivity index (χ0n) is 15.6. The Kier molecular flexibility index (Phi) is 8.74. The number of aliphatic imine (C=N–C) groups is 1. The molecule has 1 unspecified atom stereocenters. The fourth-order valence-electron chi connectivity index (χ4n) is 2.55. The summed E-state index contributed by atoms with van der Waals surface area (Å²) in [4.78, 5) is 5.38. The third kappa shape index (κ3) is 7.97. The van der Waals surface area contributed by atoms with E-state index >= 15 is 0 Å². The van der Waals surface area contributed by atoms with Crippen LogP contribution in [0.1, 0.15) is 26.2 Å². The van der Waals surface area contributed by atoms with Crippen molar-refractivity contribution < 1.29 is 8.42 Å². The smallest absolute Gasteiger partial charge is 0.213 e. The van der Waals surface area contributed by atoms with Gasteiger partial charge in [-0.15, -0.1) is 11.8 Å². The van der Waals surface area contributed by atoms with Crippen LogP contribution < -0.4 is 15.4 Å². The van der Waals surface area contributed by atoms with Crippen LogP contribution in [0.2, 0.25) is 0 Å². The van der Waals surface area contributed by atoms with Gasteiger partial charge in [0.15, 0.2) is 5.96 Å². The van der Waals surface area contributed by atoms with Crippen LogP contribution in [-0.2, 0) is 10.0 Å². The van der Waals surface area contributed by atoms with Gasteiger partial charge in [-0.05, 0) is 30.9 Å². The molecule has 3 N–H and O–H groups in total. The molecule has 0 heterocycles. The molecule has 26 heavy (non-hydrogen) atoms. The molecule has 1 fully saturated rings. The number of hydrogen-bond donors (Lipinski definition) is 3. The third-order valence-corrected chi connectivity index (χ3v) is 6.80. The van der Waals surface area contributed by atoms with E-state index in [9.17, 15) is 8.42 Å². The molecular formula is C18H30N4O2S2. The van der Waals surface area contributed by atoms with Gasteiger partial charge in [-0.25, -0.2) is 13.1 Å². The molecule has 0 aromatic heterocycles. The van der Waals surface area contributed by atoms with Gasteiger partial charge in [-0.3, -0.25) is 4.99 Å². The Morgan fingerprint density at radius 2 is 2.00 bits per heavy atom. The molecule has 8 heteroatoms. The van der Waals surface area contributed by atoms with E-state index in [1.807, 2.05) is 18.2 Å². The maximum Gasteiger partial charge on any atom is 0.213 e. The average molecular weight is 399 g/mol. The fraction of sp³-hybridized carbons (Fsp3) is 0.611. The van der Waals surface area contributed by atoms with Gasteiger partial charge in [0.1, 0.15) is 0 Å². The van der Waals surface area contributed by atoms with Crippen molar-refractivity contribution in [3.8, 4) is 0 Å². The summed E-state index contributed by atoms with van der Waals surface area (Å²) in [5.74, 6) is 1.20. The van der Waals surface area contributed by atoms with E-state index in [4.69, 9.17) is 0 Å². The highest BCUT2D eigenvalue weighted by Crippen LogP contribution is 2.25. The van der Waals surface area contributed by atoms with Crippen LogP contribution in [0.15, 0.2) is 40.2 Å². The number of hydrogen-bond acceptors (Lipinski definition) is 4. The predicted octanol–water partition coefficient (Wildman–Crippen LogP) is 2.05. The lowest BCUT2D eigenvalue weighted by atomic mass is 9.86. The number of sulfonamides is 1. The first kappa shape index (κ1) is 21.1.